The van der Waals surface area contributed by atoms with Crippen LogP contribution >= 0.6 is 0 Å². The van der Waals surface area contributed by atoms with E-state index in [9.17, 15) is 22.8 Å². The summed E-state index contributed by atoms with van der Waals surface area (Å²) in [6.07, 6.45) is 1.62. The zero-order valence-corrected chi connectivity index (χ0v) is 17.7. The minimum atomic E-state index is -4.28. The predicted octanol–water partition coefficient (Wildman–Crippen LogP) is 5.71. The highest BCUT2D eigenvalue weighted by molar-refractivity contribution is 5.89. The Hall–Kier alpha value is -1.07. The van der Waals surface area contributed by atoms with Crippen LogP contribution in [0.1, 0.15) is 78.6 Å². The van der Waals surface area contributed by atoms with E-state index < -0.39 is 23.9 Å². The van der Waals surface area contributed by atoms with Gasteiger partial charge in [0.25, 0.3) is 0 Å². The van der Waals surface area contributed by atoms with Crippen LogP contribution in [0.3, 0.4) is 0 Å². The Kier molecular flexibility index (Phi) is 5.10. The summed E-state index contributed by atoms with van der Waals surface area (Å²) in [6.45, 7) is 5.75. The second-order valence-corrected chi connectivity index (χ2v) is 10.7. The highest BCUT2D eigenvalue weighted by Gasteiger charge is 2.63. The molecule has 4 saturated carbocycles. The van der Waals surface area contributed by atoms with Crippen molar-refractivity contribution in [2.45, 2.75) is 90.8 Å². The molecule has 0 aromatic rings. The maximum atomic E-state index is 13.0. The minimum absolute atomic E-state index is 0.000191. The minimum Gasteiger partial charge on any atom is -0.463 e. The monoisotopic (exact) mass is 414 g/mol. The molecule has 0 saturated heterocycles. The Labute approximate surface area is 171 Å². The molecule has 4 fully saturated rings. The van der Waals surface area contributed by atoms with Crippen LogP contribution in [0.25, 0.3) is 0 Å². The quantitative estimate of drug-likeness (QED) is 0.544. The summed E-state index contributed by atoms with van der Waals surface area (Å²) in [5.74, 6) is 0.191. The van der Waals surface area contributed by atoms with Gasteiger partial charge in [-0.05, 0) is 80.5 Å². The number of fused-ring (bicyclic) bond motifs is 5. The molecule has 0 N–H and O–H groups in total. The zero-order chi connectivity index (χ0) is 21.2. The second-order valence-electron chi connectivity index (χ2n) is 10.7. The molecule has 0 amide bonds. The Morgan fingerprint density at radius 3 is 2.45 bits per heavy atom. The van der Waals surface area contributed by atoms with E-state index in [-0.39, 0.29) is 29.2 Å². The summed E-state index contributed by atoms with van der Waals surface area (Å²) in [7, 11) is 0. The average Bonchev–Trinajstić information content (AvgIpc) is 2.85. The molecule has 6 heteroatoms. The maximum absolute atomic E-state index is 13.0. The normalized spacial score (nSPS) is 47.2. The van der Waals surface area contributed by atoms with Crippen molar-refractivity contribution in [2.75, 3.05) is 0 Å². The van der Waals surface area contributed by atoms with Gasteiger partial charge >= 0.3 is 12.1 Å². The molecule has 8 atom stereocenters. The molecular formula is C23H33F3O3. The number of hydrogen-bond donors (Lipinski definition) is 0. The average molecular weight is 415 g/mol. The molecule has 0 heterocycles. The van der Waals surface area contributed by atoms with Crippen LogP contribution in [0.5, 0.6) is 0 Å². The van der Waals surface area contributed by atoms with Crippen LogP contribution in [0.2, 0.25) is 0 Å². The van der Waals surface area contributed by atoms with Gasteiger partial charge in [-0.25, -0.2) is 0 Å². The first kappa shape index (κ1) is 21.2. The lowest BCUT2D eigenvalue weighted by molar-refractivity contribution is -0.160. The molecule has 164 valence electrons. The number of esters is 1. The summed E-state index contributed by atoms with van der Waals surface area (Å²) in [4.78, 5) is 24.3. The SMILES string of the molecule is CC(=O)O[C@H]1CC[C@@]2(C)[C@@H](CC[C@@H]3[C@@H]2CC[C@]2(C)C(=O)C(CC(F)(F)F)C[C@@H]32)C1. The third-order valence-corrected chi connectivity index (χ3v) is 9.29. The largest absolute Gasteiger partial charge is 0.463 e. The lowest BCUT2D eigenvalue weighted by Gasteiger charge is -2.60. The number of halogens is 3. The molecule has 29 heavy (non-hydrogen) atoms. The Balaban J connectivity index is 1.53. The molecule has 0 radical (unpaired) electrons. The number of hydrogen-bond acceptors (Lipinski definition) is 3. The highest BCUT2D eigenvalue weighted by atomic mass is 19.4. The molecule has 4 aliphatic carbocycles. The van der Waals surface area contributed by atoms with Gasteiger partial charge in [-0.15, -0.1) is 0 Å². The maximum Gasteiger partial charge on any atom is 0.389 e. The van der Waals surface area contributed by atoms with Gasteiger partial charge in [0, 0.05) is 18.3 Å². The number of carbonyl (C=O) groups is 2. The molecule has 0 bridgehead atoms. The smallest absolute Gasteiger partial charge is 0.389 e. The van der Waals surface area contributed by atoms with Crippen LogP contribution in [0, 0.1) is 40.4 Å². The van der Waals surface area contributed by atoms with E-state index in [4.69, 9.17) is 4.74 Å². The van der Waals surface area contributed by atoms with Crippen LogP contribution in [0.15, 0.2) is 0 Å². The van der Waals surface area contributed by atoms with E-state index in [2.05, 4.69) is 6.92 Å². The van der Waals surface area contributed by atoms with Gasteiger partial charge in [0.15, 0.2) is 0 Å². The Bertz CT molecular complexity index is 689. The fraction of sp³-hybridized carbons (Fsp3) is 0.913. The zero-order valence-electron chi connectivity index (χ0n) is 17.7. The van der Waals surface area contributed by atoms with Crippen molar-refractivity contribution >= 4 is 11.8 Å². The number of ketones is 1. The number of alkyl halides is 3. The van der Waals surface area contributed by atoms with Crippen LogP contribution in [-0.2, 0) is 14.3 Å². The number of Topliss-reactive ketones (excluding diaryl/α,β-unsaturated/α-hetero) is 1. The molecule has 3 nitrogen and oxygen atoms in total. The summed E-state index contributed by atoms with van der Waals surface area (Å²) < 4.78 is 44.6. The van der Waals surface area contributed by atoms with Crippen molar-refractivity contribution < 1.29 is 27.5 Å². The number of rotatable bonds is 2. The van der Waals surface area contributed by atoms with Gasteiger partial charge in [0.05, 0.1) is 6.42 Å². The molecule has 0 spiro atoms. The van der Waals surface area contributed by atoms with Crippen LogP contribution in [0.4, 0.5) is 13.2 Å². The summed E-state index contributed by atoms with van der Waals surface area (Å²) in [5.41, 5.74) is -0.429. The topological polar surface area (TPSA) is 43.4 Å². The summed E-state index contributed by atoms with van der Waals surface area (Å²) in [5, 5.41) is 0. The van der Waals surface area contributed by atoms with Crippen molar-refractivity contribution in [2.24, 2.45) is 40.4 Å². The molecule has 0 aromatic heterocycles. The molecule has 0 aliphatic heterocycles. The van der Waals surface area contributed by atoms with Gasteiger partial charge < -0.3 is 4.74 Å². The third kappa shape index (κ3) is 3.52. The molecule has 0 aromatic carbocycles. The van der Waals surface area contributed by atoms with E-state index in [1.54, 1.807) is 0 Å². The first-order valence-corrected chi connectivity index (χ1v) is 11.2. The van der Waals surface area contributed by atoms with Gasteiger partial charge in [0.1, 0.15) is 11.9 Å². The van der Waals surface area contributed by atoms with Gasteiger partial charge in [-0.1, -0.05) is 13.8 Å². The Morgan fingerprint density at radius 2 is 1.79 bits per heavy atom. The van der Waals surface area contributed by atoms with Crippen molar-refractivity contribution in [3.63, 3.8) is 0 Å². The van der Waals surface area contributed by atoms with Crippen molar-refractivity contribution in [1.82, 2.24) is 0 Å². The lowest BCUT2D eigenvalue weighted by Crippen LogP contribution is -2.54. The van der Waals surface area contributed by atoms with E-state index in [0.29, 0.717) is 24.2 Å². The van der Waals surface area contributed by atoms with Gasteiger partial charge in [-0.2, -0.15) is 13.2 Å². The van der Waals surface area contributed by atoms with E-state index in [1.165, 1.54) is 6.92 Å². The van der Waals surface area contributed by atoms with E-state index in [1.807, 2.05) is 6.92 Å². The van der Waals surface area contributed by atoms with E-state index in [0.717, 1.165) is 44.9 Å². The van der Waals surface area contributed by atoms with Gasteiger partial charge in [-0.3, -0.25) is 9.59 Å². The number of ether oxygens (including phenoxy) is 1. The molecule has 4 rings (SSSR count). The van der Waals surface area contributed by atoms with E-state index >= 15 is 0 Å². The fourth-order valence-corrected chi connectivity index (χ4v) is 7.96. The van der Waals surface area contributed by atoms with Crippen molar-refractivity contribution in [3.05, 3.63) is 0 Å². The highest BCUT2D eigenvalue weighted by Crippen LogP contribution is 2.66. The van der Waals surface area contributed by atoms with Crippen LogP contribution < -0.4 is 0 Å². The summed E-state index contributed by atoms with van der Waals surface area (Å²) >= 11 is 0. The van der Waals surface area contributed by atoms with Crippen LogP contribution in [-0.4, -0.2) is 24.0 Å². The standard InChI is InChI=1S/C23H33F3O3/c1-13(27)29-16-6-8-21(2)15(11-16)4-5-17-18(21)7-9-22(3)19(17)10-14(20(22)28)12-23(24,25)26/h14-19H,4-12H2,1-3H3/t14?,15-,16-,17+,18-,19-,21-,22-/m0/s1. The first-order valence-electron chi connectivity index (χ1n) is 11.2. The number of carbonyl (C=O) groups excluding carboxylic acids is 2. The summed E-state index contributed by atoms with van der Waals surface area (Å²) in [6, 6.07) is 0. The molecule has 1 unspecified atom stereocenters. The third-order valence-electron chi connectivity index (χ3n) is 9.29. The predicted molar refractivity (Wildman–Crippen MR) is 102 cm³/mol. The Morgan fingerprint density at radius 1 is 1.07 bits per heavy atom. The fourth-order valence-electron chi connectivity index (χ4n) is 7.96. The molecule has 4 aliphatic rings. The molecular weight excluding hydrogens is 381 g/mol. The van der Waals surface area contributed by atoms with Crippen molar-refractivity contribution in [1.29, 1.82) is 0 Å². The van der Waals surface area contributed by atoms with Gasteiger partial charge in [0.2, 0.25) is 0 Å². The second kappa shape index (κ2) is 6.98. The van der Waals surface area contributed by atoms with Crippen molar-refractivity contribution in [3.8, 4) is 0 Å². The first-order chi connectivity index (χ1) is 13.4. The lowest BCUT2D eigenvalue weighted by atomic mass is 9.45.